The normalized spacial score (nSPS) is 19.7. The summed E-state index contributed by atoms with van der Waals surface area (Å²) in [5.41, 5.74) is 0.852. The van der Waals surface area contributed by atoms with Crippen molar-refractivity contribution in [2.75, 3.05) is 11.4 Å². The van der Waals surface area contributed by atoms with Gasteiger partial charge in [-0.25, -0.2) is 0 Å². The molecule has 0 radical (unpaired) electrons. The summed E-state index contributed by atoms with van der Waals surface area (Å²) in [6, 6.07) is 11.0. The molecule has 1 atom stereocenters. The number of aromatic hydroxyl groups is 1. The summed E-state index contributed by atoms with van der Waals surface area (Å²) in [4.78, 5) is 13.7. The molecule has 0 aromatic heterocycles. The van der Waals surface area contributed by atoms with Crippen molar-refractivity contribution in [3.63, 3.8) is 0 Å². The summed E-state index contributed by atoms with van der Waals surface area (Å²) in [6.07, 6.45) is 0.471. The van der Waals surface area contributed by atoms with Crippen LogP contribution in [-0.2, 0) is 4.79 Å². The molecule has 0 aliphatic carbocycles. The van der Waals surface area contributed by atoms with Gasteiger partial charge < -0.3 is 10.0 Å². The van der Waals surface area contributed by atoms with Gasteiger partial charge in [0, 0.05) is 23.6 Å². The fraction of sp³-hybridized carbons (Fsp3) is 0.214. The van der Waals surface area contributed by atoms with Crippen molar-refractivity contribution in [1.82, 2.24) is 0 Å². The molecule has 1 aliphatic heterocycles. The molecule has 2 aromatic rings. The van der Waals surface area contributed by atoms with E-state index >= 15 is 0 Å². The predicted molar refractivity (Wildman–Crippen MR) is 75.4 cm³/mol. The highest BCUT2D eigenvalue weighted by Gasteiger charge is 2.29. The van der Waals surface area contributed by atoms with Gasteiger partial charge in [-0.3, -0.25) is 4.79 Å². The number of anilines is 1. The molecule has 4 heteroatoms. The number of carbonyl (C=O) groups is 1. The first-order valence-corrected chi connectivity index (χ1v) is 6.37. The molecule has 1 saturated heterocycles. The van der Waals surface area contributed by atoms with Crippen LogP contribution in [0.2, 0.25) is 0 Å². The monoisotopic (exact) mass is 259 g/mol. The molecule has 1 unspecified atom stereocenters. The molecule has 1 fully saturated rings. The molecular formula is C14H13NO2S. The van der Waals surface area contributed by atoms with E-state index in [9.17, 15) is 9.90 Å². The number of benzene rings is 2. The Labute approximate surface area is 110 Å². The molecule has 1 heterocycles. The standard InChI is InChI=1S/C14H13NO2S/c16-10-5-4-9-2-1-3-13(12(9)6-10)15-8-11(18)7-14(15)17/h1-6,11,16,18H,7-8H2. The van der Waals surface area contributed by atoms with Crippen LogP contribution < -0.4 is 4.90 Å². The Hall–Kier alpha value is -1.68. The van der Waals surface area contributed by atoms with Crippen LogP contribution in [0.15, 0.2) is 36.4 Å². The number of rotatable bonds is 1. The van der Waals surface area contributed by atoms with E-state index in [4.69, 9.17) is 0 Å². The summed E-state index contributed by atoms with van der Waals surface area (Å²) in [7, 11) is 0. The zero-order valence-electron chi connectivity index (χ0n) is 9.71. The average Bonchev–Trinajstić information content (AvgIpc) is 2.67. The number of fused-ring (bicyclic) bond motifs is 1. The quantitative estimate of drug-likeness (QED) is 0.773. The van der Waals surface area contributed by atoms with E-state index in [-0.39, 0.29) is 16.9 Å². The Morgan fingerprint density at radius 1 is 1.28 bits per heavy atom. The van der Waals surface area contributed by atoms with E-state index in [1.807, 2.05) is 24.3 Å². The van der Waals surface area contributed by atoms with Crippen molar-refractivity contribution in [3.8, 4) is 5.75 Å². The maximum Gasteiger partial charge on any atom is 0.228 e. The highest BCUT2D eigenvalue weighted by Crippen LogP contribution is 2.32. The Balaban J connectivity index is 2.17. The van der Waals surface area contributed by atoms with Gasteiger partial charge in [0.05, 0.1) is 5.69 Å². The summed E-state index contributed by atoms with van der Waals surface area (Å²) >= 11 is 4.36. The lowest BCUT2D eigenvalue weighted by Crippen LogP contribution is -2.24. The maximum atomic E-state index is 11.9. The smallest absolute Gasteiger partial charge is 0.228 e. The van der Waals surface area contributed by atoms with E-state index in [1.165, 1.54) is 0 Å². The molecule has 1 N–H and O–H groups in total. The highest BCUT2D eigenvalue weighted by atomic mass is 32.1. The van der Waals surface area contributed by atoms with E-state index in [1.54, 1.807) is 17.0 Å². The van der Waals surface area contributed by atoms with E-state index in [2.05, 4.69) is 12.6 Å². The van der Waals surface area contributed by atoms with Gasteiger partial charge in [-0.15, -0.1) is 0 Å². The molecule has 18 heavy (non-hydrogen) atoms. The average molecular weight is 259 g/mol. The summed E-state index contributed by atoms with van der Waals surface area (Å²) in [5.74, 6) is 0.301. The molecular weight excluding hydrogens is 246 g/mol. The molecule has 0 spiro atoms. The van der Waals surface area contributed by atoms with E-state index in [0.717, 1.165) is 16.5 Å². The molecule has 1 amide bonds. The lowest BCUT2D eigenvalue weighted by molar-refractivity contribution is -0.117. The minimum Gasteiger partial charge on any atom is -0.508 e. The van der Waals surface area contributed by atoms with Crippen molar-refractivity contribution in [3.05, 3.63) is 36.4 Å². The predicted octanol–water partition coefficient (Wildman–Crippen LogP) is 2.58. The molecule has 0 saturated carbocycles. The van der Waals surface area contributed by atoms with Crippen LogP contribution in [0, 0.1) is 0 Å². The van der Waals surface area contributed by atoms with Gasteiger partial charge in [0.25, 0.3) is 0 Å². The first-order chi connectivity index (χ1) is 8.65. The molecule has 3 nitrogen and oxygen atoms in total. The number of phenols is 1. The summed E-state index contributed by atoms with van der Waals surface area (Å²) in [6.45, 7) is 0.622. The fourth-order valence-electron chi connectivity index (χ4n) is 2.40. The Morgan fingerprint density at radius 2 is 2.11 bits per heavy atom. The van der Waals surface area contributed by atoms with Gasteiger partial charge in [-0.05, 0) is 23.6 Å². The van der Waals surface area contributed by atoms with Gasteiger partial charge in [0.1, 0.15) is 5.75 Å². The third-order valence-corrected chi connectivity index (χ3v) is 3.58. The van der Waals surface area contributed by atoms with Gasteiger partial charge in [0.2, 0.25) is 5.91 Å². The van der Waals surface area contributed by atoms with Crippen LogP contribution in [-0.4, -0.2) is 22.8 Å². The second kappa shape index (κ2) is 4.21. The molecule has 2 aromatic carbocycles. The third-order valence-electron chi connectivity index (χ3n) is 3.24. The Bertz CT molecular complexity index is 626. The summed E-state index contributed by atoms with van der Waals surface area (Å²) < 4.78 is 0. The van der Waals surface area contributed by atoms with Crippen LogP contribution in [0.5, 0.6) is 5.75 Å². The van der Waals surface area contributed by atoms with E-state index in [0.29, 0.717) is 13.0 Å². The number of carbonyl (C=O) groups excluding carboxylic acids is 1. The lowest BCUT2D eigenvalue weighted by atomic mass is 10.1. The van der Waals surface area contributed by atoms with E-state index < -0.39 is 0 Å². The minimum absolute atomic E-state index is 0.0880. The number of phenolic OH excluding ortho intramolecular Hbond substituents is 1. The van der Waals surface area contributed by atoms with Crippen LogP contribution in [0.25, 0.3) is 10.8 Å². The number of hydrogen-bond acceptors (Lipinski definition) is 3. The third kappa shape index (κ3) is 1.82. The number of thiol groups is 1. The zero-order valence-corrected chi connectivity index (χ0v) is 10.6. The summed E-state index contributed by atoms with van der Waals surface area (Å²) in [5, 5.41) is 11.6. The number of hydrogen-bond donors (Lipinski definition) is 2. The highest BCUT2D eigenvalue weighted by molar-refractivity contribution is 7.81. The van der Waals surface area contributed by atoms with Crippen molar-refractivity contribution >= 4 is 35.0 Å². The Morgan fingerprint density at radius 3 is 2.83 bits per heavy atom. The number of amides is 1. The van der Waals surface area contributed by atoms with Crippen molar-refractivity contribution in [2.45, 2.75) is 11.7 Å². The van der Waals surface area contributed by atoms with Gasteiger partial charge in [0.15, 0.2) is 0 Å². The van der Waals surface area contributed by atoms with Gasteiger partial charge in [-0.2, -0.15) is 12.6 Å². The second-order valence-corrected chi connectivity index (χ2v) is 5.28. The van der Waals surface area contributed by atoms with Crippen molar-refractivity contribution in [1.29, 1.82) is 0 Å². The van der Waals surface area contributed by atoms with Crippen molar-refractivity contribution in [2.24, 2.45) is 0 Å². The van der Waals surface area contributed by atoms with Crippen LogP contribution in [0.4, 0.5) is 5.69 Å². The largest absolute Gasteiger partial charge is 0.508 e. The number of nitrogens with zero attached hydrogens (tertiary/aromatic N) is 1. The van der Waals surface area contributed by atoms with Gasteiger partial charge >= 0.3 is 0 Å². The lowest BCUT2D eigenvalue weighted by Gasteiger charge is -2.18. The molecule has 92 valence electrons. The molecule has 3 rings (SSSR count). The first kappa shape index (κ1) is 11.4. The SMILES string of the molecule is O=C1CC(S)CN1c1cccc2ccc(O)cc12. The van der Waals surface area contributed by atoms with Crippen molar-refractivity contribution < 1.29 is 9.90 Å². The van der Waals surface area contributed by atoms with Crippen LogP contribution >= 0.6 is 12.6 Å². The fourth-order valence-corrected chi connectivity index (χ4v) is 2.72. The zero-order chi connectivity index (χ0) is 12.7. The van der Waals surface area contributed by atoms with Gasteiger partial charge in [-0.1, -0.05) is 18.2 Å². The topological polar surface area (TPSA) is 40.5 Å². The first-order valence-electron chi connectivity index (χ1n) is 5.85. The molecule has 0 bridgehead atoms. The molecule has 1 aliphatic rings. The second-order valence-electron chi connectivity index (χ2n) is 4.54. The van der Waals surface area contributed by atoms with Crippen LogP contribution in [0.3, 0.4) is 0 Å². The Kier molecular flexibility index (Phi) is 2.67. The van der Waals surface area contributed by atoms with Crippen LogP contribution in [0.1, 0.15) is 6.42 Å². The maximum absolute atomic E-state index is 11.9. The minimum atomic E-state index is 0.0880.